The minimum Gasteiger partial charge on any atom is -0.437 e. The molecule has 2 aliphatic heterocycles. The number of pyridine rings is 3. The van der Waals surface area contributed by atoms with Crippen LogP contribution in [0.15, 0.2) is 133 Å². The van der Waals surface area contributed by atoms with Crippen LogP contribution in [-0.2, 0) is 12.8 Å². The molecule has 0 saturated carbocycles. The van der Waals surface area contributed by atoms with Gasteiger partial charge in [-0.2, -0.15) is 9.13 Å². The number of nitrogens with zero attached hydrogens (tertiary/aromatic N) is 3. The van der Waals surface area contributed by atoms with Gasteiger partial charge in [0.15, 0.2) is 29.7 Å². The van der Waals surface area contributed by atoms with Crippen LogP contribution in [-0.4, -0.2) is 4.98 Å². The summed E-state index contributed by atoms with van der Waals surface area (Å²) in [6.45, 7) is 25.7. The highest BCUT2D eigenvalue weighted by atomic mass is 16.3. The van der Waals surface area contributed by atoms with Gasteiger partial charge in [0.2, 0.25) is 17.1 Å². The molecule has 6 heterocycles. The van der Waals surface area contributed by atoms with Crippen molar-refractivity contribution in [3.63, 3.8) is 0 Å². The van der Waals surface area contributed by atoms with Crippen molar-refractivity contribution in [2.24, 2.45) is 5.41 Å². The van der Waals surface area contributed by atoms with Crippen LogP contribution in [0.3, 0.4) is 0 Å². The first kappa shape index (κ1) is 40.0. The summed E-state index contributed by atoms with van der Waals surface area (Å²) < 4.78 is 12.2. The zero-order valence-electron chi connectivity index (χ0n) is 37.9. The maximum Gasteiger partial charge on any atom is 0.227 e. The molecule has 0 aliphatic carbocycles. The third kappa shape index (κ3) is 6.62. The van der Waals surface area contributed by atoms with Crippen LogP contribution >= 0.6 is 0 Å². The Morgan fingerprint density at radius 2 is 1.52 bits per heavy atom. The highest BCUT2D eigenvalue weighted by Gasteiger charge is 2.46. The van der Waals surface area contributed by atoms with Crippen LogP contribution in [0.5, 0.6) is 0 Å². The first-order valence-electron chi connectivity index (χ1n) is 22.7. The third-order valence-electron chi connectivity index (χ3n) is 13.6. The predicted molar refractivity (Wildman–Crippen MR) is 256 cm³/mol. The van der Waals surface area contributed by atoms with E-state index in [1.54, 1.807) is 0 Å². The molecule has 2 unspecified atom stereocenters. The van der Waals surface area contributed by atoms with Crippen molar-refractivity contribution in [3.05, 3.63) is 167 Å². The van der Waals surface area contributed by atoms with E-state index in [1.165, 1.54) is 66.9 Å². The number of fused-ring (bicyclic) bond motifs is 13. The number of benzene rings is 4. The topological polar surface area (TPSA) is 33.8 Å². The summed E-state index contributed by atoms with van der Waals surface area (Å²) in [6.07, 6.45) is 7.57. The molecular weight excluding hydrogens is 755 g/mol. The second-order valence-electron chi connectivity index (χ2n) is 19.9. The molecule has 0 N–H and O–H groups in total. The molecule has 310 valence electrons. The third-order valence-corrected chi connectivity index (χ3v) is 13.6. The molecule has 4 heteroatoms. The molecular formula is C58H59N3O+2. The Bertz CT molecular complexity index is 3090. The molecule has 0 fully saturated rings. The zero-order chi connectivity index (χ0) is 43.2. The number of allylic oxidation sites excluding steroid dienone is 1. The van der Waals surface area contributed by atoms with Crippen LogP contribution in [0.25, 0.3) is 72.7 Å². The van der Waals surface area contributed by atoms with Crippen LogP contribution in [0, 0.1) is 19.3 Å². The van der Waals surface area contributed by atoms with Crippen molar-refractivity contribution in [1.29, 1.82) is 0 Å². The molecule has 0 amide bonds. The van der Waals surface area contributed by atoms with Crippen LogP contribution in [0.2, 0.25) is 0 Å². The molecule has 0 bridgehead atoms. The van der Waals surface area contributed by atoms with Crippen molar-refractivity contribution in [3.8, 4) is 44.9 Å². The molecule has 0 saturated heterocycles. The van der Waals surface area contributed by atoms with Gasteiger partial charge in [-0.3, -0.25) is 0 Å². The highest BCUT2D eigenvalue weighted by Crippen LogP contribution is 2.48. The molecule has 62 heavy (non-hydrogen) atoms. The Hall–Kier alpha value is -6.13. The van der Waals surface area contributed by atoms with Gasteiger partial charge in [0.1, 0.15) is 5.92 Å². The molecule has 4 nitrogen and oxygen atoms in total. The Morgan fingerprint density at radius 3 is 2.27 bits per heavy atom. The van der Waals surface area contributed by atoms with E-state index in [2.05, 4.69) is 193 Å². The van der Waals surface area contributed by atoms with E-state index in [0.29, 0.717) is 11.6 Å². The Kier molecular flexibility index (Phi) is 9.70. The predicted octanol–water partition coefficient (Wildman–Crippen LogP) is 14.4. The summed E-state index contributed by atoms with van der Waals surface area (Å²) >= 11 is 0. The second-order valence-corrected chi connectivity index (χ2v) is 19.9. The fourth-order valence-electron chi connectivity index (χ4n) is 10.8. The maximum atomic E-state index is 7.20. The fraction of sp³-hybridized carbons (Fsp3) is 0.293. The van der Waals surface area contributed by atoms with E-state index in [4.69, 9.17) is 16.0 Å². The molecule has 8 aromatic rings. The second kappa shape index (κ2) is 15.0. The van der Waals surface area contributed by atoms with Crippen molar-refractivity contribution >= 4 is 27.8 Å². The lowest BCUT2D eigenvalue weighted by molar-refractivity contribution is -0.720. The summed E-state index contributed by atoms with van der Waals surface area (Å²) in [4.78, 5) is 5.48. The van der Waals surface area contributed by atoms with E-state index in [-0.39, 0.29) is 23.3 Å². The van der Waals surface area contributed by atoms with Gasteiger partial charge in [0.05, 0.1) is 16.8 Å². The summed E-state index contributed by atoms with van der Waals surface area (Å²) in [5.41, 5.74) is 21.4. The SMILES string of the molecule is C=C1C2c3ccccc3-c3ccc(C)c[n+]3C2CCc2ccc3c(oc4nc(-c5c(C(C)C)ccc(-c6ccccc6)c5C(C)C)ccc43)c2-c2cc(C)c(CC(C)(C)C)c[n+]21. The molecule has 4 aromatic heterocycles. The number of hydrogen-bond acceptors (Lipinski definition) is 2. The number of aromatic nitrogens is 3. The van der Waals surface area contributed by atoms with Gasteiger partial charge in [-0.05, 0) is 114 Å². The standard InChI is InChI=1S/C58H59N3O/c1-34(2)42-24-25-43(39-16-12-11-13-17-39)52(35(3)4)55(42)48-27-26-47-46-23-21-40-22-29-50-53(45-19-15-14-18-44(45)49-28-20-36(5)32-61(49)50)38(7)60-33-41(31-58(8,9)10)37(6)30-51(60)54(40)56(46)62-57(47)59-48/h11-21,23-28,30,32-35,50,53H,7,22,29,31H2,1-6,8-10H3/q+2. The molecule has 2 atom stereocenters. The Labute approximate surface area is 367 Å². The van der Waals surface area contributed by atoms with Crippen LogP contribution < -0.4 is 9.13 Å². The van der Waals surface area contributed by atoms with Gasteiger partial charge in [0, 0.05) is 46.0 Å². The summed E-state index contributed by atoms with van der Waals surface area (Å²) in [5.74, 6) is 0.677. The van der Waals surface area contributed by atoms with Crippen LogP contribution in [0.1, 0.15) is 118 Å². The van der Waals surface area contributed by atoms with Crippen molar-refractivity contribution in [2.75, 3.05) is 0 Å². The molecule has 0 spiro atoms. The first-order chi connectivity index (χ1) is 29.8. The summed E-state index contributed by atoms with van der Waals surface area (Å²) in [6, 6.07) is 40.7. The largest absolute Gasteiger partial charge is 0.437 e. The number of furan rings is 1. The number of aryl methyl sites for hydroxylation is 3. The average molecular weight is 814 g/mol. The zero-order valence-corrected chi connectivity index (χ0v) is 37.9. The first-order valence-corrected chi connectivity index (χ1v) is 22.7. The van der Waals surface area contributed by atoms with E-state index in [9.17, 15) is 0 Å². The molecule has 4 aromatic carbocycles. The molecule has 10 rings (SSSR count). The van der Waals surface area contributed by atoms with Gasteiger partial charge in [0.25, 0.3) is 0 Å². The van der Waals surface area contributed by atoms with Crippen molar-refractivity contribution in [2.45, 2.75) is 105 Å². The van der Waals surface area contributed by atoms with Gasteiger partial charge < -0.3 is 4.42 Å². The van der Waals surface area contributed by atoms with E-state index >= 15 is 0 Å². The lowest BCUT2D eigenvalue weighted by Gasteiger charge is -2.29. The maximum absolute atomic E-state index is 7.20. The monoisotopic (exact) mass is 813 g/mol. The highest BCUT2D eigenvalue weighted by molar-refractivity contribution is 6.09. The molecule has 2 aliphatic rings. The normalized spacial score (nSPS) is 16.1. The minimum atomic E-state index is 0.0705. The summed E-state index contributed by atoms with van der Waals surface area (Å²) in [5, 5.41) is 2.13. The van der Waals surface area contributed by atoms with Crippen molar-refractivity contribution in [1.82, 2.24) is 4.98 Å². The van der Waals surface area contributed by atoms with Crippen molar-refractivity contribution < 1.29 is 13.6 Å². The van der Waals surface area contributed by atoms with Gasteiger partial charge in [-0.25, -0.2) is 4.98 Å². The van der Waals surface area contributed by atoms with E-state index < -0.39 is 0 Å². The molecule has 0 radical (unpaired) electrons. The Balaban J connectivity index is 1.22. The smallest absolute Gasteiger partial charge is 0.227 e. The minimum absolute atomic E-state index is 0.0705. The van der Waals surface area contributed by atoms with E-state index in [1.807, 2.05) is 0 Å². The Morgan fingerprint density at radius 1 is 0.758 bits per heavy atom. The van der Waals surface area contributed by atoms with Gasteiger partial charge >= 0.3 is 0 Å². The van der Waals surface area contributed by atoms with E-state index in [0.717, 1.165) is 58.3 Å². The fourth-order valence-corrected chi connectivity index (χ4v) is 10.8. The van der Waals surface area contributed by atoms with Crippen LogP contribution in [0.4, 0.5) is 0 Å². The average Bonchev–Trinajstić information content (AvgIpc) is 3.64. The quantitative estimate of drug-likeness (QED) is 0.162. The van der Waals surface area contributed by atoms with Gasteiger partial charge in [-0.15, -0.1) is 0 Å². The van der Waals surface area contributed by atoms with Gasteiger partial charge in [-0.1, -0.05) is 121 Å². The number of rotatable bonds is 5. The summed E-state index contributed by atoms with van der Waals surface area (Å²) in [7, 11) is 0. The lowest BCUT2D eigenvalue weighted by atomic mass is 9.79. The lowest BCUT2D eigenvalue weighted by Crippen LogP contribution is -2.51. The number of hydrogen-bond donors (Lipinski definition) is 0.